The lowest BCUT2D eigenvalue weighted by Gasteiger charge is -2.18. The highest BCUT2D eigenvalue weighted by molar-refractivity contribution is 6.30. The van der Waals surface area contributed by atoms with Crippen molar-refractivity contribution in [2.24, 2.45) is 5.92 Å². The van der Waals surface area contributed by atoms with E-state index < -0.39 is 5.97 Å². The van der Waals surface area contributed by atoms with Crippen molar-refractivity contribution < 1.29 is 14.6 Å². The van der Waals surface area contributed by atoms with Gasteiger partial charge in [-0.15, -0.1) is 0 Å². The van der Waals surface area contributed by atoms with Crippen LogP contribution in [0.1, 0.15) is 19.3 Å². The number of rotatable bonds is 3. The van der Waals surface area contributed by atoms with E-state index in [1.54, 1.807) is 24.3 Å². The van der Waals surface area contributed by atoms with E-state index in [1.807, 2.05) is 0 Å². The van der Waals surface area contributed by atoms with Gasteiger partial charge in [-0.3, -0.25) is 4.79 Å². The molecule has 2 rings (SSSR count). The third-order valence-electron chi connectivity index (χ3n) is 2.85. The molecule has 2 atom stereocenters. The molecule has 0 aliphatic heterocycles. The lowest BCUT2D eigenvalue weighted by atomic mass is 10.1. The molecule has 1 aliphatic rings. The summed E-state index contributed by atoms with van der Waals surface area (Å²) in [7, 11) is 0. The normalized spacial score (nSPS) is 24.3. The standard InChI is InChI=1S/C12H13ClO3/c13-8-3-1-4-9(7-8)16-11-6-2-5-10(11)12(14)15/h1,3-4,7,10-11H,2,5-6H2,(H,14,15). The fourth-order valence-electron chi connectivity index (χ4n) is 2.06. The molecule has 1 saturated carbocycles. The van der Waals surface area contributed by atoms with Crippen LogP contribution in [0.15, 0.2) is 24.3 Å². The zero-order chi connectivity index (χ0) is 11.5. The maximum atomic E-state index is 11.0. The molecular weight excluding hydrogens is 228 g/mol. The van der Waals surface area contributed by atoms with Gasteiger partial charge in [0.2, 0.25) is 0 Å². The predicted molar refractivity (Wildman–Crippen MR) is 60.8 cm³/mol. The number of carbonyl (C=O) groups is 1. The third kappa shape index (κ3) is 2.47. The summed E-state index contributed by atoms with van der Waals surface area (Å²) < 4.78 is 5.66. The van der Waals surface area contributed by atoms with Gasteiger partial charge in [0.05, 0.1) is 5.92 Å². The first-order valence-corrected chi connectivity index (χ1v) is 5.69. The van der Waals surface area contributed by atoms with Crippen molar-refractivity contribution in [3.05, 3.63) is 29.3 Å². The fraction of sp³-hybridized carbons (Fsp3) is 0.417. The van der Waals surface area contributed by atoms with Gasteiger partial charge in [-0.05, 0) is 37.5 Å². The maximum absolute atomic E-state index is 11.0. The van der Waals surface area contributed by atoms with Crippen LogP contribution in [0.2, 0.25) is 5.02 Å². The van der Waals surface area contributed by atoms with Crippen LogP contribution < -0.4 is 4.74 Å². The van der Waals surface area contributed by atoms with Crippen molar-refractivity contribution in [3.63, 3.8) is 0 Å². The van der Waals surface area contributed by atoms with E-state index in [-0.39, 0.29) is 12.0 Å². The summed E-state index contributed by atoms with van der Waals surface area (Å²) in [6.07, 6.45) is 2.17. The molecule has 16 heavy (non-hydrogen) atoms. The van der Waals surface area contributed by atoms with Crippen LogP contribution >= 0.6 is 11.6 Å². The van der Waals surface area contributed by atoms with E-state index in [2.05, 4.69) is 0 Å². The number of carboxylic acid groups (broad SMARTS) is 1. The second-order valence-corrected chi connectivity index (χ2v) is 4.43. The van der Waals surface area contributed by atoms with E-state index in [4.69, 9.17) is 21.4 Å². The number of carboxylic acids is 1. The molecule has 0 aromatic heterocycles. The van der Waals surface area contributed by atoms with Crippen LogP contribution in [0.5, 0.6) is 5.75 Å². The quantitative estimate of drug-likeness (QED) is 0.884. The smallest absolute Gasteiger partial charge is 0.310 e. The Morgan fingerprint density at radius 1 is 1.44 bits per heavy atom. The van der Waals surface area contributed by atoms with Crippen LogP contribution in [-0.2, 0) is 4.79 Å². The summed E-state index contributed by atoms with van der Waals surface area (Å²) >= 11 is 5.83. The lowest BCUT2D eigenvalue weighted by Crippen LogP contribution is -2.27. The van der Waals surface area contributed by atoms with Crippen LogP contribution in [-0.4, -0.2) is 17.2 Å². The number of aliphatic carboxylic acids is 1. The minimum absolute atomic E-state index is 0.226. The summed E-state index contributed by atoms with van der Waals surface area (Å²) in [5.41, 5.74) is 0. The van der Waals surface area contributed by atoms with Crippen molar-refractivity contribution in [3.8, 4) is 5.75 Å². The first-order chi connectivity index (χ1) is 7.66. The fourth-order valence-corrected chi connectivity index (χ4v) is 2.24. The van der Waals surface area contributed by atoms with Gasteiger partial charge in [0.15, 0.2) is 0 Å². The molecule has 1 aromatic carbocycles. The highest BCUT2D eigenvalue weighted by Crippen LogP contribution is 2.30. The van der Waals surface area contributed by atoms with E-state index >= 15 is 0 Å². The highest BCUT2D eigenvalue weighted by Gasteiger charge is 2.34. The zero-order valence-electron chi connectivity index (χ0n) is 8.73. The van der Waals surface area contributed by atoms with E-state index in [1.165, 1.54) is 0 Å². The summed E-state index contributed by atoms with van der Waals surface area (Å²) in [6.45, 7) is 0. The summed E-state index contributed by atoms with van der Waals surface area (Å²) in [6, 6.07) is 7.06. The Labute approximate surface area is 99.0 Å². The van der Waals surface area contributed by atoms with Crippen molar-refractivity contribution in [2.45, 2.75) is 25.4 Å². The molecule has 1 N–H and O–H groups in total. The molecular formula is C12H13ClO3. The molecule has 0 spiro atoms. The van der Waals surface area contributed by atoms with Crippen molar-refractivity contribution >= 4 is 17.6 Å². The number of hydrogen-bond donors (Lipinski definition) is 1. The van der Waals surface area contributed by atoms with Gasteiger partial charge in [-0.2, -0.15) is 0 Å². The molecule has 0 heterocycles. The summed E-state index contributed by atoms with van der Waals surface area (Å²) in [5.74, 6) is -0.519. The number of hydrogen-bond acceptors (Lipinski definition) is 2. The monoisotopic (exact) mass is 240 g/mol. The van der Waals surface area contributed by atoms with Gasteiger partial charge < -0.3 is 9.84 Å². The van der Waals surface area contributed by atoms with Gasteiger partial charge in [-0.1, -0.05) is 17.7 Å². The molecule has 0 radical (unpaired) electrons. The Hall–Kier alpha value is -1.22. The number of halogens is 1. The average molecular weight is 241 g/mol. The Balaban J connectivity index is 2.06. The van der Waals surface area contributed by atoms with Crippen LogP contribution in [0, 0.1) is 5.92 Å². The van der Waals surface area contributed by atoms with Crippen LogP contribution in [0.3, 0.4) is 0 Å². The lowest BCUT2D eigenvalue weighted by molar-refractivity contribution is -0.143. The van der Waals surface area contributed by atoms with Crippen LogP contribution in [0.25, 0.3) is 0 Å². The Morgan fingerprint density at radius 3 is 2.94 bits per heavy atom. The summed E-state index contributed by atoms with van der Waals surface area (Å²) in [4.78, 5) is 11.0. The molecule has 0 amide bonds. The SMILES string of the molecule is O=C(O)C1CCCC1Oc1cccc(Cl)c1. The zero-order valence-corrected chi connectivity index (χ0v) is 9.48. The van der Waals surface area contributed by atoms with Gasteiger partial charge in [0.25, 0.3) is 0 Å². The second-order valence-electron chi connectivity index (χ2n) is 3.99. The Bertz CT molecular complexity index is 392. The largest absolute Gasteiger partial charge is 0.489 e. The minimum atomic E-state index is -0.774. The van der Waals surface area contributed by atoms with Crippen molar-refractivity contribution in [1.29, 1.82) is 0 Å². The second kappa shape index (κ2) is 4.74. The highest BCUT2D eigenvalue weighted by atomic mass is 35.5. The van der Waals surface area contributed by atoms with Gasteiger partial charge in [-0.25, -0.2) is 0 Å². The average Bonchev–Trinajstić information content (AvgIpc) is 2.66. The van der Waals surface area contributed by atoms with Crippen molar-refractivity contribution in [1.82, 2.24) is 0 Å². The Kier molecular flexibility index (Phi) is 3.34. The third-order valence-corrected chi connectivity index (χ3v) is 3.09. The molecule has 86 valence electrons. The van der Waals surface area contributed by atoms with Gasteiger partial charge >= 0.3 is 5.97 Å². The molecule has 1 aromatic rings. The Morgan fingerprint density at radius 2 is 2.25 bits per heavy atom. The summed E-state index contributed by atoms with van der Waals surface area (Å²) in [5, 5.41) is 9.61. The topological polar surface area (TPSA) is 46.5 Å². The minimum Gasteiger partial charge on any atom is -0.489 e. The predicted octanol–water partition coefficient (Wildman–Crippen LogP) is 2.97. The number of benzene rings is 1. The van der Waals surface area contributed by atoms with Gasteiger partial charge in [0.1, 0.15) is 11.9 Å². The van der Waals surface area contributed by atoms with Crippen molar-refractivity contribution in [2.75, 3.05) is 0 Å². The molecule has 2 unspecified atom stereocenters. The first-order valence-electron chi connectivity index (χ1n) is 5.32. The number of ether oxygens (including phenoxy) is 1. The first kappa shape index (κ1) is 11.3. The maximum Gasteiger partial charge on any atom is 0.310 e. The molecule has 3 nitrogen and oxygen atoms in total. The molecule has 0 saturated heterocycles. The van der Waals surface area contributed by atoms with Crippen LogP contribution in [0.4, 0.5) is 0 Å². The van der Waals surface area contributed by atoms with E-state index in [0.717, 1.165) is 12.8 Å². The van der Waals surface area contributed by atoms with E-state index in [0.29, 0.717) is 17.2 Å². The molecule has 0 bridgehead atoms. The molecule has 4 heteroatoms. The van der Waals surface area contributed by atoms with Gasteiger partial charge in [0, 0.05) is 5.02 Å². The molecule has 1 aliphatic carbocycles. The van der Waals surface area contributed by atoms with E-state index in [9.17, 15) is 4.79 Å². The molecule has 1 fully saturated rings.